The molecule has 1 saturated carbocycles. The molecule has 0 spiro atoms. The number of benzene rings is 1. The topological polar surface area (TPSA) is 80.0 Å². The molecule has 1 atom stereocenters. The predicted octanol–water partition coefficient (Wildman–Crippen LogP) is 3.70. The first-order valence-electron chi connectivity index (χ1n) is 9.37. The summed E-state index contributed by atoms with van der Waals surface area (Å²) in [6.07, 6.45) is 3.25. The number of fused-ring (bicyclic) bond motifs is 1. The van der Waals surface area contributed by atoms with Gasteiger partial charge in [-0.15, -0.1) is 0 Å². The summed E-state index contributed by atoms with van der Waals surface area (Å²) in [5.41, 5.74) is 1.98. The van der Waals surface area contributed by atoms with Crippen LogP contribution in [0.4, 0.5) is 5.95 Å². The number of nitrogens with zero attached hydrogens (tertiary/aromatic N) is 3. The van der Waals surface area contributed by atoms with E-state index in [-0.39, 0.29) is 12.3 Å². The van der Waals surface area contributed by atoms with Gasteiger partial charge in [0.25, 0.3) is 0 Å². The van der Waals surface area contributed by atoms with Crippen molar-refractivity contribution in [1.82, 2.24) is 14.5 Å². The van der Waals surface area contributed by atoms with E-state index in [9.17, 15) is 9.90 Å². The fourth-order valence-corrected chi connectivity index (χ4v) is 3.53. The first kappa shape index (κ1) is 17.7. The van der Waals surface area contributed by atoms with Gasteiger partial charge in [0.2, 0.25) is 11.9 Å². The van der Waals surface area contributed by atoms with Crippen LogP contribution >= 0.6 is 0 Å². The molecule has 2 aromatic heterocycles. The smallest absolute Gasteiger partial charge is 0.229 e. The number of rotatable bonds is 5. The lowest BCUT2D eigenvalue weighted by atomic mass is 9.92. The number of aryl methyl sites for hydroxylation is 1. The molecule has 6 nitrogen and oxygen atoms in total. The fraction of sp³-hybridized carbons (Fsp3) is 0.381. The molecule has 1 aliphatic rings. The van der Waals surface area contributed by atoms with Crippen molar-refractivity contribution in [3.8, 4) is 0 Å². The molecule has 1 amide bonds. The lowest BCUT2D eigenvalue weighted by Crippen LogP contribution is -2.30. The Morgan fingerprint density at radius 2 is 1.96 bits per heavy atom. The van der Waals surface area contributed by atoms with Gasteiger partial charge in [0.15, 0.2) is 5.65 Å². The molecule has 1 aromatic carbocycles. The molecule has 0 saturated heterocycles. The molecule has 0 bridgehead atoms. The van der Waals surface area contributed by atoms with Crippen LogP contribution in [0.1, 0.15) is 49.9 Å². The number of nitrogens with one attached hydrogen (secondary N) is 1. The van der Waals surface area contributed by atoms with Crippen LogP contribution in [-0.2, 0) is 10.4 Å². The summed E-state index contributed by atoms with van der Waals surface area (Å²) >= 11 is 0. The fourth-order valence-electron chi connectivity index (χ4n) is 3.53. The van der Waals surface area contributed by atoms with E-state index < -0.39 is 5.60 Å². The zero-order chi connectivity index (χ0) is 19.0. The van der Waals surface area contributed by atoms with Gasteiger partial charge in [-0.2, -0.15) is 0 Å². The van der Waals surface area contributed by atoms with Gasteiger partial charge in [0, 0.05) is 11.7 Å². The summed E-state index contributed by atoms with van der Waals surface area (Å²) in [6, 6.07) is 13.4. The summed E-state index contributed by atoms with van der Waals surface area (Å²) in [5, 5.41) is 13.7. The highest BCUT2D eigenvalue weighted by Crippen LogP contribution is 2.37. The van der Waals surface area contributed by atoms with E-state index in [0.29, 0.717) is 17.6 Å². The Morgan fingerprint density at radius 3 is 2.63 bits per heavy atom. The van der Waals surface area contributed by atoms with E-state index >= 15 is 0 Å². The van der Waals surface area contributed by atoms with Gasteiger partial charge in [-0.3, -0.25) is 14.7 Å². The van der Waals surface area contributed by atoms with Crippen LogP contribution in [0.3, 0.4) is 0 Å². The van der Waals surface area contributed by atoms with Crippen LogP contribution in [0, 0.1) is 6.92 Å². The molecule has 1 fully saturated rings. The molecular formula is C21H24N4O2. The van der Waals surface area contributed by atoms with E-state index in [0.717, 1.165) is 29.7 Å². The third-order valence-corrected chi connectivity index (χ3v) is 5.27. The maximum atomic E-state index is 12.7. The predicted molar refractivity (Wildman–Crippen MR) is 104 cm³/mol. The third kappa shape index (κ3) is 3.45. The maximum absolute atomic E-state index is 12.7. The number of hydrogen-bond acceptors (Lipinski definition) is 4. The van der Waals surface area contributed by atoms with Gasteiger partial charge in [-0.25, -0.2) is 9.97 Å². The Kier molecular flexibility index (Phi) is 4.44. The lowest BCUT2D eigenvalue weighted by Gasteiger charge is -2.29. The number of carbonyl (C=O) groups is 1. The van der Waals surface area contributed by atoms with Crippen molar-refractivity contribution in [1.29, 1.82) is 0 Å². The third-order valence-electron chi connectivity index (χ3n) is 5.27. The van der Waals surface area contributed by atoms with Crippen LogP contribution in [0.2, 0.25) is 0 Å². The number of amides is 1. The molecule has 6 heteroatoms. The van der Waals surface area contributed by atoms with Crippen molar-refractivity contribution in [2.45, 2.75) is 51.2 Å². The van der Waals surface area contributed by atoms with Gasteiger partial charge >= 0.3 is 0 Å². The second-order valence-corrected chi connectivity index (χ2v) is 7.55. The molecule has 2 N–H and O–H groups in total. The minimum atomic E-state index is -1.24. The number of aromatic nitrogens is 3. The number of pyridine rings is 1. The highest BCUT2D eigenvalue weighted by atomic mass is 16.3. The van der Waals surface area contributed by atoms with Crippen LogP contribution in [0.15, 0.2) is 42.5 Å². The Bertz CT molecular complexity index is 975. The summed E-state index contributed by atoms with van der Waals surface area (Å²) < 4.78 is 2.04. The molecular weight excluding hydrogens is 340 g/mol. The molecule has 4 rings (SSSR count). The summed E-state index contributed by atoms with van der Waals surface area (Å²) in [5.74, 6) is 0.248. The highest BCUT2D eigenvalue weighted by Gasteiger charge is 2.29. The highest BCUT2D eigenvalue weighted by molar-refractivity contribution is 5.91. The summed E-state index contributed by atoms with van der Waals surface area (Å²) in [6.45, 7) is 3.61. The molecule has 1 aliphatic carbocycles. The Balaban J connectivity index is 1.60. The van der Waals surface area contributed by atoms with Gasteiger partial charge < -0.3 is 5.11 Å². The SMILES string of the molecule is Cc1ccc2nc(NC(=O)C[C@](C)(O)c3ccccc3)n(C3CCC3)c2n1. The van der Waals surface area contributed by atoms with Gasteiger partial charge in [-0.1, -0.05) is 30.3 Å². The van der Waals surface area contributed by atoms with Crippen LogP contribution in [0.5, 0.6) is 0 Å². The van der Waals surface area contributed by atoms with E-state index in [1.165, 1.54) is 6.42 Å². The zero-order valence-electron chi connectivity index (χ0n) is 15.6. The van der Waals surface area contributed by atoms with E-state index in [2.05, 4.69) is 15.3 Å². The molecule has 140 valence electrons. The maximum Gasteiger partial charge on any atom is 0.229 e. The van der Waals surface area contributed by atoms with E-state index in [1.807, 2.05) is 54.0 Å². The van der Waals surface area contributed by atoms with Crippen LogP contribution in [-0.4, -0.2) is 25.5 Å². The van der Waals surface area contributed by atoms with Crippen LogP contribution in [0.25, 0.3) is 11.2 Å². The normalized spacial score (nSPS) is 16.7. The average Bonchev–Trinajstić information content (AvgIpc) is 2.91. The second-order valence-electron chi connectivity index (χ2n) is 7.55. The molecule has 27 heavy (non-hydrogen) atoms. The Labute approximate surface area is 158 Å². The van der Waals surface area contributed by atoms with Crippen molar-refractivity contribution in [3.05, 3.63) is 53.7 Å². The van der Waals surface area contributed by atoms with Crippen LogP contribution < -0.4 is 5.32 Å². The number of hydrogen-bond donors (Lipinski definition) is 2. The quantitative estimate of drug-likeness (QED) is 0.723. The Hall–Kier alpha value is -2.73. The van der Waals surface area contributed by atoms with Gasteiger partial charge in [0.1, 0.15) is 5.52 Å². The Morgan fingerprint density at radius 1 is 1.22 bits per heavy atom. The number of aliphatic hydroxyl groups is 1. The number of anilines is 1. The summed E-state index contributed by atoms with van der Waals surface area (Å²) in [4.78, 5) is 21.9. The number of carbonyl (C=O) groups excluding carboxylic acids is 1. The molecule has 2 heterocycles. The van der Waals surface area contributed by atoms with Crippen molar-refractivity contribution in [3.63, 3.8) is 0 Å². The standard InChI is InChI=1S/C21H24N4O2/c1-14-11-12-17-19(22-14)25(16-9-6-10-16)20(23-17)24-18(26)13-21(2,27)15-7-4-3-5-8-15/h3-5,7-8,11-12,16,27H,6,9-10,13H2,1-2H3,(H,23,24,26)/t21-/m0/s1. The molecule has 0 radical (unpaired) electrons. The molecule has 3 aromatic rings. The lowest BCUT2D eigenvalue weighted by molar-refractivity contribution is -0.120. The van der Waals surface area contributed by atoms with E-state index in [1.54, 1.807) is 6.92 Å². The minimum absolute atomic E-state index is 0.0443. The van der Waals surface area contributed by atoms with Crippen molar-refractivity contribution in [2.24, 2.45) is 0 Å². The molecule has 0 aliphatic heterocycles. The van der Waals surface area contributed by atoms with Crippen molar-refractivity contribution in [2.75, 3.05) is 5.32 Å². The average molecular weight is 364 g/mol. The monoisotopic (exact) mass is 364 g/mol. The van der Waals surface area contributed by atoms with Crippen molar-refractivity contribution < 1.29 is 9.90 Å². The summed E-state index contributed by atoms with van der Waals surface area (Å²) in [7, 11) is 0. The minimum Gasteiger partial charge on any atom is -0.385 e. The van der Waals surface area contributed by atoms with Gasteiger partial charge in [0.05, 0.1) is 12.0 Å². The first-order chi connectivity index (χ1) is 12.9. The number of imidazole rings is 1. The van der Waals surface area contributed by atoms with Crippen molar-refractivity contribution >= 4 is 23.0 Å². The first-order valence-corrected chi connectivity index (χ1v) is 9.37. The van der Waals surface area contributed by atoms with E-state index in [4.69, 9.17) is 0 Å². The molecule has 0 unspecified atom stereocenters. The van der Waals surface area contributed by atoms with Gasteiger partial charge in [-0.05, 0) is 50.8 Å². The zero-order valence-corrected chi connectivity index (χ0v) is 15.6. The largest absolute Gasteiger partial charge is 0.385 e. The second kappa shape index (κ2) is 6.78.